The molecule has 0 aliphatic rings. The number of amides is 1. The summed E-state index contributed by atoms with van der Waals surface area (Å²) >= 11 is 0. The van der Waals surface area contributed by atoms with Gasteiger partial charge in [0.25, 0.3) is 5.91 Å². The number of H-pyrrole nitrogens is 1. The van der Waals surface area contributed by atoms with Crippen LogP contribution in [-0.2, 0) is 0 Å². The molecule has 2 aromatic rings. The Balaban J connectivity index is 2.24. The maximum Gasteiger partial charge on any atom is 0.254 e. The van der Waals surface area contributed by atoms with Crippen LogP contribution >= 0.6 is 0 Å². The van der Waals surface area contributed by atoms with Gasteiger partial charge in [-0.25, -0.2) is 0 Å². The molecular weight excluding hydrogens is 254 g/mol. The second-order valence-electron chi connectivity index (χ2n) is 4.70. The zero-order chi connectivity index (χ0) is 14.7. The standard InChI is InChI=1S/C15H17N3O2/c1-10(11-4-3-5-13(16)8-11)18(2)15(20)12-6-7-17-14(19)9-12/h3-10H,16H2,1-2H3,(H,17,19). The Kier molecular flexibility index (Phi) is 3.89. The van der Waals surface area contributed by atoms with Crippen LogP contribution < -0.4 is 11.3 Å². The van der Waals surface area contributed by atoms with E-state index in [1.807, 2.05) is 25.1 Å². The number of nitrogens with zero attached hydrogens (tertiary/aromatic N) is 1. The van der Waals surface area contributed by atoms with Crippen molar-refractivity contribution in [1.82, 2.24) is 9.88 Å². The maximum atomic E-state index is 12.3. The molecule has 0 saturated carbocycles. The van der Waals surface area contributed by atoms with E-state index in [1.54, 1.807) is 24.1 Å². The van der Waals surface area contributed by atoms with Crippen LogP contribution in [0.15, 0.2) is 47.4 Å². The number of anilines is 1. The lowest BCUT2D eigenvalue weighted by atomic mass is 10.1. The van der Waals surface area contributed by atoms with Gasteiger partial charge in [-0.05, 0) is 30.7 Å². The summed E-state index contributed by atoms with van der Waals surface area (Å²) in [7, 11) is 1.71. The topological polar surface area (TPSA) is 79.2 Å². The molecule has 1 aromatic heterocycles. The summed E-state index contributed by atoms with van der Waals surface area (Å²) < 4.78 is 0. The number of pyridine rings is 1. The summed E-state index contributed by atoms with van der Waals surface area (Å²) in [4.78, 5) is 27.7. The molecule has 3 N–H and O–H groups in total. The molecule has 0 aliphatic heterocycles. The molecule has 1 unspecified atom stereocenters. The monoisotopic (exact) mass is 271 g/mol. The van der Waals surface area contributed by atoms with Gasteiger partial charge in [0, 0.05) is 30.6 Å². The highest BCUT2D eigenvalue weighted by Crippen LogP contribution is 2.21. The summed E-state index contributed by atoms with van der Waals surface area (Å²) in [5.74, 6) is -0.203. The number of nitrogens with one attached hydrogen (secondary N) is 1. The zero-order valence-electron chi connectivity index (χ0n) is 11.5. The number of aromatic nitrogens is 1. The number of hydrogen-bond acceptors (Lipinski definition) is 3. The van der Waals surface area contributed by atoms with Crippen molar-refractivity contribution in [3.05, 3.63) is 64.1 Å². The molecule has 104 valence electrons. The van der Waals surface area contributed by atoms with Crippen LogP contribution in [0.5, 0.6) is 0 Å². The lowest BCUT2D eigenvalue weighted by molar-refractivity contribution is 0.0742. The number of benzene rings is 1. The van der Waals surface area contributed by atoms with Gasteiger partial charge >= 0.3 is 0 Å². The van der Waals surface area contributed by atoms with Crippen molar-refractivity contribution in [2.24, 2.45) is 0 Å². The number of nitrogens with two attached hydrogens (primary N) is 1. The predicted octanol–water partition coefficient (Wildman–Crippen LogP) is 1.79. The summed E-state index contributed by atoms with van der Waals surface area (Å²) in [5, 5.41) is 0. The number of rotatable bonds is 3. The largest absolute Gasteiger partial charge is 0.399 e. The van der Waals surface area contributed by atoms with E-state index in [9.17, 15) is 9.59 Å². The molecule has 2 rings (SSSR count). The first-order valence-corrected chi connectivity index (χ1v) is 6.30. The smallest absolute Gasteiger partial charge is 0.254 e. The number of hydrogen-bond donors (Lipinski definition) is 2. The lowest BCUT2D eigenvalue weighted by Crippen LogP contribution is -2.30. The minimum absolute atomic E-state index is 0.134. The first-order valence-electron chi connectivity index (χ1n) is 6.30. The minimum atomic E-state index is -0.291. The van der Waals surface area contributed by atoms with Gasteiger partial charge < -0.3 is 15.6 Å². The Hall–Kier alpha value is -2.56. The summed E-state index contributed by atoms with van der Waals surface area (Å²) in [5.41, 5.74) is 7.44. The average molecular weight is 271 g/mol. The quantitative estimate of drug-likeness (QED) is 0.835. The molecule has 0 spiro atoms. The van der Waals surface area contributed by atoms with E-state index in [4.69, 9.17) is 5.73 Å². The Labute approximate surface area is 117 Å². The highest BCUT2D eigenvalue weighted by atomic mass is 16.2. The molecule has 0 bridgehead atoms. The van der Waals surface area contributed by atoms with Gasteiger partial charge in [0.1, 0.15) is 0 Å². The third-order valence-corrected chi connectivity index (χ3v) is 3.32. The minimum Gasteiger partial charge on any atom is -0.399 e. The third kappa shape index (κ3) is 2.88. The fraction of sp³-hybridized carbons (Fsp3) is 0.200. The Morgan fingerprint density at radius 1 is 1.30 bits per heavy atom. The third-order valence-electron chi connectivity index (χ3n) is 3.32. The number of nitrogen functional groups attached to an aromatic ring is 1. The molecule has 1 heterocycles. The Bertz CT molecular complexity index is 679. The van der Waals surface area contributed by atoms with Gasteiger partial charge in [0.05, 0.1) is 6.04 Å². The van der Waals surface area contributed by atoms with Crippen molar-refractivity contribution < 1.29 is 4.79 Å². The molecule has 0 aliphatic carbocycles. The Morgan fingerprint density at radius 3 is 2.70 bits per heavy atom. The van der Waals surface area contributed by atoms with Crippen LogP contribution in [0.3, 0.4) is 0 Å². The van der Waals surface area contributed by atoms with E-state index >= 15 is 0 Å². The van der Waals surface area contributed by atoms with Gasteiger partial charge in [-0.3, -0.25) is 9.59 Å². The number of aromatic amines is 1. The second-order valence-corrected chi connectivity index (χ2v) is 4.70. The molecule has 1 atom stereocenters. The van der Waals surface area contributed by atoms with E-state index in [0.29, 0.717) is 11.3 Å². The van der Waals surface area contributed by atoms with E-state index < -0.39 is 0 Å². The normalized spacial score (nSPS) is 11.9. The van der Waals surface area contributed by atoms with Crippen molar-refractivity contribution in [2.75, 3.05) is 12.8 Å². The van der Waals surface area contributed by atoms with Crippen LogP contribution in [0.4, 0.5) is 5.69 Å². The van der Waals surface area contributed by atoms with Crippen LogP contribution in [0.25, 0.3) is 0 Å². The predicted molar refractivity (Wildman–Crippen MR) is 78.4 cm³/mol. The van der Waals surface area contributed by atoms with E-state index in [-0.39, 0.29) is 17.5 Å². The fourth-order valence-corrected chi connectivity index (χ4v) is 2.00. The summed E-state index contributed by atoms with van der Waals surface area (Å²) in [6.45, 7) is 1.92. The molecule has 0 saturated heterocycles. The highest BCUT2D eigenvalue weighted by Gasteiger charge is 2.19. The number of carbonyl (C=O) groups excluding carboxylic acids is 1. The highest BCUT2D eigenvalue weighted by molar-refractivity contribution is 5.94. The molecule has 1 aromatic carbocycles. The summed E-state index contributed by atoms with van der Waals surface area (Å²) in [6, 6.07) is 10.2. The van der Waals surface area contributed by atoms with Gasteiger partial charge in [0.15, 0.2) is 0 Å². The van der Waals surface area contributed by atoms with E-state index in [0.717, 1.165) is 5.56 Å². The van der Waals surface area contributed by atoms with Crippen LogP contribution in [0, 0.1) is 0 Å². The molecule has 0 fully saturated rings. The van der Waals surface area contributed by atoms with Crippen LogP contribution in [0.1, 0.15) is 28.9 Å². The van der Waals surface area contributed by atoms with Crippen molar-refractivity contribution in [2.45, 2.75) is 13.0 Å². The van der Waals surface area contributed by atoms with Crippen molar-refractivity contribution >= 4 is 11.6 Å². The van der Waals surface area contributed by atoms with Crippen molar-refractivity contribution in [3.8, 4) is 0 Å². The molecular formula is C15H17N3O2. The molecule has 20 heavy (non-hydrogen) atoms. The Morgan fingerprint density at radius 2 is 2.05 bits per heavy atom. The molecule has 0 radical (unpaired) electrons. The maximum absolute atomic E-state index is 12.3. The first kappa shape index (κ1) is 13.9. The molecule has 5 nitrogen and oxygen atoms in total. The van der Waals surface area contributed by atoms with Crippen molar-refractivity contribution in [1.29, 1.82) is 0 Å². The number of carbonyl (C=O) groups is 1. The zero-order valence-corrected chi connectivity index (χ0v) is 11.5. The van der Waals surface area contributed by atoms with E-state index in [2.05, 4.69) is 4.98 Å². The van der Waals surface area contributed by atoms with Gasteiger partial charge in [-0.1, -0.05) is 12.1 Å². The van der Waals surface area contributed by atoms with Gasteiger partial charge in [-0.2, -0.15) is 0 Å². The first-order chi connectivity index (χ1) is 9.49. The summed E-state index contributed by atoms with van der Waals surface area (Å²) in [6.07, 6.45) is 1.47. The van der Waals surface area contributed by atoms with Crippen molar-refractivity contribution in [3.63, 3.8) is 0 Å². The van der Waals surface area contributed by atoms with E-state index in [1.165, 1.54) is 12.3 Å². The SMILES string of the molecule is CC(c1cccc(N)c1)N(C)C(=O)c1cc[nH]c(=O)c1. The fourth-order valence-electron chi connectivity index (χ4n) is 2.00. The average Bonchev–Trinajstić information content (AvgIpc) is 2.45. The molecule has 1 amide bonds. The van der Waals surface area contributed by atoms with Crippen LogP contribution in [0.2, 0.25) is 0 Å². The van der Waals surface area contributed by atoms with Gasteiger partial charge in [-0.15, -0.1) is 0 Å². The second kappa shape index (κ2) is 5.61. The lowest BCUT2D eigenvalue weighted by Gasteiger charge is -2.25. The van der Waals surface area contributed by atoms with Crippen LogP contribution in [-0.4, -0.2) is 22.8 Å². The molecule has 5 heteroatoms. The van der Waals surface area contributed by atoms with Gasteiger partial charge in [0.2, 0.25) is 5.56 Å².